The fourth-order valence-corrected chi connectivity index (χ4v) is 3.48. The number of hydrogen-bond donors (Lipinski definition) is 1. The first-order valence-electron chi connectivity index (χ1n) is 9.82. The minimum Gasteiger partial charge on any atom is -0.456 e. The van der Waals surface area contributed by atoms with Crippen LogP contribution in [0.3, 0.4) is 0 Å². The van der Waals surface area contributed by atoms with Crippen molar-refractivity contribution in [3.8, 4) is 17.6 Å². The van der Waals surface area contributed by atoms with Gasteiger partial charge in [-0.1, -0.05) is 0 Å². The van der Waals surface area contributed by atoms with Crippen LogP contribution in [0.25, 0.3) is 10.8 Å². The molecule has 32 heavy (non-hydrogen) atoms. The Balaban J connectivity index is 1.61. The van der Waals surface area contributed by atoms with Crippen LogP contribution >= 0.6 is 0 Å². The van der Waals surface area contributed by atoms with E-state index in [-0.39, 0.29) is 5.75 Å². The molecule has 0 radical (unpaired) electrons. The Labute approximate surface area is 180 Å². The lowest BCUT2D eigenvalue weighted by Gasteiger charge is -2.14. The molecule has 1 N–H and O–H groups in total. The lowest BCUT2D eigenvalue weighted by atomic mass is 10.1. The number of benzene rings is 3. The van der Waals surface area contributed by atoms with Crippen LogP contribution in [0.5, 0.6) is 11.5 Å². The first kappa shape index (κ1) is 21.0. The number of nitrogens with zero attached hydrogens (tertiary/aromatic N) is 2. The summed E-state index contributed by atoms with van der Waals surface area (Å²) in [6, 6.07) is 14.7. The van der Waals surface area contributed by atoms with Crippen LogP contribution in [-0.4, -0.2) is 9.55 Å². The molecule has 0 aliphatic carbocycles. The minimum absolute atomic E-state index is 0.245. The number of fused-ring (bicyclic) bond motifs is 1. The first-order valence-corrected chi connectivity index (χ1v) is 9.82. The van der Waals surface area contributed by atoms with Gasteiger partial charge in [-0.15, -0.1) is 0 Å². The van der Waals surface area contributed by atoms with Crippen LogP contribution in [0.4, 0.5) is 8.78 Å². The summed E-state index contributed by atoms with van der Waals surface area (Å²) in [5.74, 6) is -0.370. The summed E-state index contributed by atoms with van der Waals surface area (Å²) in [5, 5.41) is 10.2. The maximum Gasteiger partial charge on any atom is 0.328 e. The summed E-state index contributed by atoms with van der Waals surface area (Å²) in [7, 11) is 0. The lowest BCUT2D eigenvalue weighted by molar-refractivity contribution is 0.471. The fourth-order valence-electron chi connectivity index (χ4n) is 3.48. The summed E-state index contributed by atoms with van der Waals surface area (Å²) in [4.78, 5) is 25.2. The quantitative estimate of drug-likeness (QED) is 0.492. The number of ether oxygens (including phenoxy) is 1. The number of nitriles is 1. The molecule has 160 valence electrons. The Hall–Kier alpha value is -4.25. The van der Waals surface area contributed by atoms with Crippen LogP contribution in [0, 0.1) is 23.0 Å². The van der Waals surface area contributed by atoms with Gasteiger partial charge in [-0.25, -0.2) is 13.6 Å². The van der Waals surface area contributed by atoms with Gasteiger partial charge in [-0.2, -0.15) is 5.26 Å². The highest BCUT2D eigenvalue weighted by Crippen LogP contribution is 2.34. The van der Waals surface area contributed by atoms with Gasteiger partial charge in [0.15, 0.2) is 0 Å². The van der Waals surface area contributed by atoms with E-state index in [1.165, 1.54) is 47.2 Å². The molecule has 8 heteroatoms. The molecule has 0 aliphatic rings. The summed E-state index contributed by atoms with van der Waals surface area (Å²) in [5.41, 5.74) is -0.0463. The highest BCUT2D eigenvalue weighted by atomic mass is 19.1. The normalized spacial score (nSPS) is 10.8. The number of halogens is 2. The number of aryl methyl sites for hydroxylation is 2. The van der Waals surface area contributed by atoms with Crippen LogP contribution < -0.4 is 16.0 Å². The largest absolute Gasteiger partial charge is 0.456 e. The van der Waals surface area contributed by atoms with E-state index < -0.39 is 22.9 Å². The molecule has 1 heterocycles. The van der Waals surface area contributed by atoms with Crippen molar-refractivity contribution in [1.29, 1.82) is 5.26 Å². The first-order chi connectivity index (χ1) is 15.4. The van der Waals surface area contributed by atoms with Crippen molar-refractivity contribution >= 4 is 10.8 Å². The van der Waals surface area contributed by atoms with Gasteiger partial charge in [0.1, 0.15) is 23.1 Å². The molecule has 0 fully saturated rings. The van der Waals surface area contributed by atoms with Crippen molar-refractivity contribution in [2.24, 2.45) is 0 Å². The predicted molar refractivity (Wildman–Crippen MR) is 115 cm³/mol. The third-order valence-electron chi connectivity index (χ3n) is 4.99. The molecule has 3 aromatic carbocycles. The zero-order chi connectivity index (χ0) is 22.7. The van der Waals surface area contributed by atoms with Crippen molar-refractivity contribution in [1.82, 2.24) is 9.55 Å². The van der Waals surface area contributed by atoms with Crippen molar-refractivity contribution in [2.75, 3.05) is 0 Å². The molecule has 0 spiro atoms. The van der Waals surface area contributed by atoms with Crippen molar-refractivity contribution in [2.45, 2.75) is 19.4 Å². The summed E-state index contributed by atoms with van der Waals surface area (Å²) >= 11 is 0. The second-order valence-corrected chi connectivity index (χ2v) is 7.21. The molecule has 0 amide bonds. The highest BCUT2D eigenvalue weighted by molar-refractivity contribution is 5.89. The van der Waals surface area contributed by atoms with E-state index in [0.29, 0.717) is 47.0 Å². The number of hydrogen-bond acceptors (Lipinski definition) is 4. The Bertz CT molecular complexity index is 1470. The van der Waals surface area contributed by atoms with E-state index in [1.807, 2.05) is 6.07 Å². The fraction of sp³-hybridized carbons (Fsp3) is 0.125. The molecule has 0 aliphatic heterocycles. The predicted octanol–water partition coefficient (Wildman–Crippen LogP) is 4.26. The average Bonchev–Trinajstić information content (AvgIpc) is 2.76. The smallest absolute Gasteiger partial charge is 0.328 e. The van der Waals surface area contributed by atoms with Crippen molar-refractivity contribution in [3.05, 3.63) is 104 Å². The molecule has 0 atom stereocenters. The number of aromatic nitrogens is 2. The molecule has 6 nitrogen and oxygen atoms in total. The maximum absolute atomic E-state index is 14.2. The van der Waals surface area contributed by atoms with E-state index in [9.17, 15) is 18.4 Å². The van der Waals surface area contributed by atoms with Crippen LogP contribution in [0.15, 0.2) is 70.4 Å². The Kier molecular flexibility index (Phi) is 5.81. The summed E-state index contributed by atoms with van der Waals surface area (Å²) in [6.07, 6.45) is 2.25. The van der Waals surface area contributed by atoms with Gasteiger partial charge in [0.2, 0.25) is 0 Å². The lowest BCUT2D eigenvalue weighted by Crippen LogP contribution is -2.28. The zero-order valence-electron chi connectivity index (χ0n) is 16.8. The molecular formula is C24H17F2N3O3. The molecule has 0 unspecified atom stereocenters. The Morgan fingerprint density at radius 1 is 0.969 bits per heavy atom. The van der Waals surface area contributed by atoms with Gasteiger partial charge in [0.25, 0.3) is 5.56 Å². The zero-order valence-corrected chi connectivity index (χ0v) is 16.8. The van der Waals surface area contributed by atoms with E-state index in [4.69, 9.17) is 10.00 Å². The molecule has 1 aromatic heterocycles. The van der Waals surface area contributed by atoms with E-state index in [1.54, 1.807) is 18.2 Å². The molecular weight excluding hydrogens is 416 g/mol. The standard InChI is InChI=1S/C24H17F2N3O3/c25-18-4-6-21(16(11-18)2-1-8-29-9-7-23(30)28-24(29)31)32-22-13-19(26)12-17-10-15(14-27)3-5-20(17)22/h3-7,9-13H,1-2,8H2,(H,28,30,31). The molecule has 4 rings (SSSR count). The van der Waals surface area contributed by atoms with E-state index in [0.717, 1.165) is 0 Å². The highest BCUT2D eigenvalue weighted by Gasteiger charge is 2.12. The third-order valence-corrected chi connectivity index (χ3v) is 4.99. The number of nitrogens with one attached hydrogen (secondary N) is 1. The number of rotatable bonds is 6. The third kappa shape index (κ3) is 4.57. The number of aromatic amines is 1. The SMILES string of the molecule is N#Cc1ccc2c(Oc3ccc(F)cc3CCCn3ccc(=O)[nH]c3=O)cc(F)cc2c1. The Morgan fingerprint density at radius 2 is 1.81 bits per heavy atom. The van der Waals surface area contributed by atoms with Crippen LogP contribution in [0.2, 0.25) is 0 Å². The van der Waals surface area contributed by atoms with E-state index >= 15 is 0 Å². The Morgan fingerprint density at radius 3 is 2.59 bits per heavy atom. The monoisotopic (exact) mass is 433 g/mol. The molecule has 4 aromatic rings. The van der Waals surface area contributed by atoms with Crippen molar-refractivity contribution in [3.63, 3.8) is 0 Å². The number of H-pyrrole nitrogens is 1. The van der Waals surface area contributed by atoms with Gasteiger partial charge < -0.3 is 9.30 Å². The average molecular weight is 433 g/mol. The van der Waals surface area contributed by atoms with E-state index in [2.05, 4.69) is 4.98 Å². The van der Waals surface area contributed by atoms with Crippen LogP contribution in [-0.2, 0) is 13.0 Å². The molecule has 0 bridgehead atoms. The minimum atomic E-state index is -0.524. The second kappa shape index (κ2) is 8.86. The van der Waals surface area contributed by atoms with Gasteiger partial charge >= 0.3 is 5.69 Å². The van der Waals surface area contributed by atoms with Gasteiger partial charge in [0, 0.05) is 30.3 Å². The summed E-state index contributed by atoms with van der Waals surface area (Å²) in [6.45, 7) is 0.311. The van der Waals surface area contributed by atoms with Crippen LogP contribution in [0.1, 0.15) is 17.5 Å². The van der Waals surface area contributed by atoms with Crippen molar-refractivity contribution < 1.29 is 13.5 Å². The topological polar surface area (TPSA) is 87.9 Å². The van der Waals surface area contributed by atoms with Gasteiger partial charge in [-0.3, -0.25) is 9.78 Å². The summed E-state index contributed by atoms with van der Waals surface area (Å²) < 4.78 is 35.4. The molecule has 0 saturated heterocycles. The molecule has 0 saturated carbocycles. The second-order valence-electron chi connectivity index (χ2n) is 7.21. The maximum atomic E-state index is 14.2. The van der Waals surface area contributed by atoms with Gasteiger partial charge in [-0.05, 0) is 66.3 Å². The van der Waals surface area contributed by atoms with Gasteiger partial charge in [0.05, 0.1) is 11.6 Å².